The number of morpholine rings is 1. The van der Waals surface area contributed by atoms with E-state index in [9.17, 15) is 9.59 Å². The maximum absolute atomic E-state index is 13.2. The van der Waals surface area contributed by atoms with Crippen LogP contribution in [0.2, 0.25) is 0 Å². The van der Waals surface area contributed by atoms with Gasteiger partial charge in [-0.05, 0) is 55.3 Å². The fourth-order valence-corrected chi connectivity index (χ4v) is 5.23. The number of aromatic amines is 1. The maximum atomic E-state index is 13.2. The first-order chi connectivity index (χ1) is 19.6. The van der Waals surface area contributed by atoms with Crippen LogP contribution in [0, 0.1) is 0 Å². The molecular weight excluding hydrogens is 510 g/mol. The van der Waals surface area contributed by atoms with Gasteiger partial charge in [-0.15, -0.1) is 5.10 Å². The van der Waals surface area contributed by atoms with Crippen LogP contribution in [0.4, 0.5) is 17.5 Å². The Kier molecular flexibility index (Phi) is 7.15. The zero-order valence-electron chi connectivity index (χ0n) is 22.0. The SMILES string of the molecule is C=CC(=O)Nc1ccc(C(=O)N2CCCC(Nc3nc4ccc(-c5cn[nH]c5)c(N5CCOCC5)n4n3)C2)cc1. The van der Waals surface area contributed by atoms with E-state index in [0.717, 1.165) is 48.5 Å². The molecule has 206 valence electrons. The van der Waals surface area contributed by atoms with E-state index >= 15 is 0 Å². The molecular formula is C28H31N9O3. The van der Waals surface area contributed by atoms with Crippen molar-refractivity contribution in [1.29, 1.82) is 0 Å². The second kappa shape index (κ2) is 11.2. The number of aromatic nitrogens is 5. The van der Waals surface area contributed by atoms with Gasteiger partial charge in [0.1, 0.15) is 5.82 Å². The highest BCUT2D eigenvalue weighted by Crippen LogP contribution is 2.32. The molecule has 12 nitrogen and oxygen atoms in total. The van der Waals surface area contributed by atoms with Gasteiger partial charge < -0.3 is 25.2 Å². The first kappa shape index (κ1) is 25.6. The number of pyridine rings is 1. The summed E-state index contributed by atoms with van der Waals surface area (Å²) in [4.78, 5) is 33.6. The van der Waals surface area contributed by atoms with Crippen molar-refractivity contribution in [1.82, 2.24) is 29.7 Å². The zero-order valence-corrected chi connectivity index (χ0v) is 22.0. The van der Waals surface area contributed by atoms with Crippen molar-refractivity contribution in [2.24, 2.45) is 0 Å². The van der Waals surface area contributed by atoms with Gasteiger partial charge in [0.2, 0.25) is 11.9 Å². The van der Waals surface area contributed by atoms with Crippen molar-refractivity contribution in [3.05, 3.63) is 67.0 Å². The summed E-state index contributed by atoms with van der Waals surface area (Å²) < 4.78 is 7.47. The molecule has 5 heterocycles. The number of anilines is 3. The second-order valence-electron chi connectivity index (χ2n) is 9.87. The molecule has 0 spiro atoms. The minimum absolute atomic E-state index is 0.0152. The van der Waals surface area contributed by atoms with Gasteiger partial charge in [-0.3, -0.25) is 14.7 Å². The van der Waals surface area contributed by atoms with Crippen LogP contribution in [-0.4, -0.2) is 86.9 Å². The Morgan fingerprint density at radius 1 is 1.10 bits per heavy atom. The number of likely N-dealkylation sites (tertiary alicyclic amines) is 1. The van der Waals surface area contributed by atoms with Gasteiger partial charge in [0.25, 0.3) is 5.91 Å². The lowest BCUT2D eigenvalue weighted by Crippen LogP contribution is -2.45. The van der Waals surface area contributed by atoms with E-state index in [1.165, 1.54) is 6.08 Å². The van der Waals surface area contributed by atoms with Gasteiger partial charge in [0, 0.05) is 60.8 Å². The molecule has 0 saturated carbocycles. The van der Waals surface area contributed by atoms with Crippen LogP contribution in [0.3, 0.4) is 0 Å². The Morgan fingerprint density at radius 2 is 1.93 bits per heavy atom. The predicted molar refractivity (Wildman–Crippen MR) is 151 cm³/mol. The molecule has 3 aromatic heterocycles. The highest BCUT2D eigenvalue weighted by atomic mass is 16.5. The quantitative estimate of drug-likeness (QED) is 0.304. The average Bonchev–Trinajstić information content (AvgIpc) is 3.67. The maximum Gasteiger partial charge on any atom is 0.253 e. The van der Waals surface area contributed by atoms with Gasteiger partial charge in [0.05, 0.1) is 19.4 Å². The minimum Gasteiger partial charge on any atom is -0.378 e. The van der Waals surface area contributed by atoms with Crippen LogP contribution >= 0.6 is 0 Å². The lowest BCUT2D eigenvalue weighted by Gasteiger charge is -2.33. The van der Waals surface area contributed by atoms with Gasteiger partial charge in [-0.2, -0.15) is 14.6 Å². The van der Waals surface area contributed by atoms with Crippen LogP contribution in [0.25, 0.3) is 16.8 Å². The summed E-state index contributed by atoms with van der Waals surface area (Å²) in [6, 6.07) is 10.9. The fourth-order valence-electron chi connectivity index (χ4n) is 5.23. The molecule has 2 aliphatic heterocycles. The topological polar surface area (TPSA) is 133 Å². The van der Waals surface area contributed by atoms with Crippen LogP contribution in [0.1, 0.15) is 23.2 Å². The number of nitrogens with one attached hydrogen (secondary N) is 3. The number of benzene rings is 1. The van der Waals surface area contributed by atoms with E-state index in [-0.39, 0.29) is 17.9 Å². The molecule has 2 saturated heterocycles. The Labute approximate surface area is 231 Å². The van der Waals surface area contributed by atoms with Crippen LogP contribution in [0.15, 0.2) is 61.4 Å². The van der Waals surface area contributed by atoms with Crippen LogP contribution in [0.5, 0.6) is 0 Å². The molecule has 6 rings (SSSR count). The van der Waals surface area contributed by atoms with E-state index < -0.39 is 0 Å². The van der Waals surface area contributed by atoms with Gasteiger partial charge in [-0.25, -0.2) is 0 Å². The average molecular weight is 542 g/mol. The van der Waals surface area contributed by atoms with E-state index in [0.29, 0.717) is 43.5 Å². The molecule has 0 aliphatic carbocycles. The summed E-state index contributed by atoms with van der Waals surface area (Å²) in [5.74, 6) is 1.14. The third kappa shape index (κ3) is 5.25. The van der Waals surface area contributed by atoms with Gasteiger partial charge in [-0.1, -0.05) is 6.58 Å². The number of carbonyl (C=O) groups is 2. The highest BCUT2D eigenvalue weighted by Gasteiger charge is 2.26. The third-order valence-electron chi connectivity index (χ3n) is 7.22. The van der Waals surface area contributed by atoms with Crippen molar-refractivity contribution in [3.8, 4) is 11.1 Å². The van der Waals surface area contributed by atoms with Crippen molar-refractivity contribution in [2.75, 3.05) is 54.9 Å². The van der Waals surface area contributed by atoms with E-state index in [4.69, 9.17) is 14.8 Å². The van der Waals surface area contributed by atoms with Crippen molar-refractivity contribution in [2.45, 2.75) is 18.9 Å². The van der Waals surface area contributed by atoms with Gasteiger partial charge in [0.15, 0.2) is 5.65 Å². The number of nitrogens with zero attached hydrogens (tertiary/aromatic N) is 6. The lowest BCUT2D eigenvalue weighted by atomic mass is 10.0. The van der Waals surface area contributed by atoms with E-state index in [1.807, 2.05) is 21.7 Å². The molecule has 40 heavy (non-hydrogen) atoms. The summed E-state index contributed by atoms with van der Waals surface area (Å²) in [7, 11) is 0. The normalized spacial score (nSPS) is 17.6. The largest absolute Gasteiger partial charge is 0.378 e. The first-order valence-electron chi connectivity index (χ1n) is 13.4. The Hall–Kier alpha value is -4.71. The number of piperidine rings is 1. The molecule has 0 radical (unpaired) electrons. The first-order valence-corrected chi connectivity index (χ1v) is 13.4. The van der Waals surface area contributed by atoms with Crippen molar-refractivity contribution < 1.29 is 14.3 Å². The number of hydrogen-bond acceptors (Lipinski definition) is 8. The molecule has 12 heteroatoms. The molecule has 2 fully saturated rings. The van der Waals surface area contributed by atoms with E-state index in [2.05, 4.69) is 38.4 Å². The minimum atomic E-state index is -0.292. The van der Waals surface area contributed by atoms with Crippen molar-refractivity contribution in [3.63, 3.8) is 0 Å². The Morgan fingerprint density at radius 3 is 2.67 bits per heavy atom. The number of carbonyl (C=O) groups excluding carboxylic acids is 2. The summed E-state index contributed by atoms with van der Waals surface area (Å²) in [6.45, 7) is 7.50. The lowest BCUT2D eigenvalue weighted by molar-refractivity contribution is -0.111. The summed E-state index contributed by atoms with van der Waals surface area (Å²) in [5, 5.41) is 18.1. The number of H-pyrrole nitrogens is 1. The number of ether oxygens (including phenoxy) is 1. The zero-order chi connectivity index (χ0) is 27.5. The van der Waals surface area contributed by atoms with Crippen LogP contribution in [-0.2, 0) is 9.53 Å². The standard InChI is InChI=1S/C28H31N9O3/c1-2-25(38)31-21-7-5-19(6-8-21)27(39)36-11-3-4-22(18-36)32-28-33-24-10-9-23(20-16-29-30-17-20)26(37(24)34-28)35-12-14-40-15-13-35/h2,5-10,16-17,22H,1,3-4,11-15,18H2,(H,29,30)(H,31,38)(H,32,34). The molecule has 1 unspecified atom stereocenters. The molecule has 0 bridgehead atoms. The molecule has 2 aliphatic rings. The Bertz CT molecular complexity index is 1510. The van der Waals surface area contributed by atoms with Gasteiger partial charge >= 0.3 is 0 Å². The monoisotopic (exact) mass is 541 g/mol. The second-order valence-corrected chi connectivity index (χ2v) is 9.87. The molecule has 1 aromatic carbocycles. The number of fused-ring (bicyclic) bond motifs is 1. The smallest absolute Gasteiger partial charge is 0.253 e. The summed E-state index contributed by atoms with van der Waals surface area (Å²) >= 11 is 0. The molecule has 4 aromatic rings. The summed E-state index contributed by atoms with van der Waals surface area (Å²) in [5.41, 5.74) is 3.92. The molecule has 3 N–H and O–H groups in total. The number of amides is 2. The third-order valence-corrected chi connectivity index (χ3v) is 7.22. The van der Waals surface area contributed by atoms with E-state index in [1.54, 1.807) is 30.5 Å². The molecule has 2 amide bonds. The molecule has 1 atom stereocenters. The Balaban J connectivity index is 1.19. The number of rotatable bonds is 7. The predicted octanol–water partition coefficient (Wildman–Crippen LogP) is 2.80. The van der Waals surface area contributed by atoms with Crippen molar-refractivity contribution >= 4 is 34.9 Å². The number of hydrogen-bond donors (Lipinski definition) is 3. The van der Waals surface area contributed by atoms with Crippen LogP contribution < -0.4 is 15.5 Å². The highest BCUT2D eigenvalue weighted by molar-refractivity contribution is 5.99. The fraction of sp³-hybridized carbons (Fsp3) is 0.321. The summed E-state index contributed by atoms with van der Waals surface area (Å²) in [6.07, 6.45) is 6.66.